The van der Waals surface area contributed by atoms with Crippen LogP contribution in [0.15, 0.2) is 24.5 Å². The van der Waals surface area contributed by atoms with Gasteiger partial charge in [-0.25, -0.2) is 4.68 Å². The Hall–Kier alpha value is -1.95. The van der Waals surface area contributed by atoms with Crippen LogP contribution in [0, 0.1) is 6.92 Å². The molecule has 3 rings (SSSR count). The molecule has 6 nitrogen and oxygen atoms in total. The predicted octanol–water partition coefficient (Wildman–Crippen LogP) is 1.87. The van der Waals surface area contributed by atoms with E-state index in [-0.39, 0.29) is 0 Å². The standard InChI is InChI=1S/C15H22N6/c1-11(2)20-7-6-14(9-20)17-13-4-5-15(12(3)8-13)21-10-16-18-19-21/h4-5,8,10-11,14,17H,6-7,9H2,1-3H3. The number of likely N-dealkylation sites (tertiary alicyclic amines) is 1. The van der Waals surface area contributed by atoms with Gasteiger partial charge in [-0.05, 0) is 61.4 Å². The van der Waals surface area contributed by atoms with Crippen molar-refractivity contribution in [3.05, 3.63) is 30.1 Å². The van der Waals surface area contributed by atoms with E-state index in [1.165, 1.54) is 18.7 Å². The molecule has 1 aromatic heterocycles. The summed E-state index contributed by atoms with van der Waals surface area (Å²) in [4.78, 5) is 2.51. The summed E-state index contributed by atoms with van der Waals surface area (Å²) in [6.07, 6.45) is 2.82. The van der Waals surface area contributed by atoms with Crippen molar-refractivity contribution >= 4 is 5.69 Å². The smallest absolute Gasteiger partial charge is 0.143 e. The fraction of sp³-hybridized carbons (Fsp3) is 0.533. The third-order valence-corrected chi connectivity index (χ3v) is 4.11. The van der Waals surface area contributed by atoms with Gasteiger partial charge in [-0.3, -0.25) is 4.90 Å². The van der Waals surface area contributed by atoms with Crippen LogP contribution in [0.1, 0.15) is 25.8 Å². The van der Waals surface area contributed by atoms with E-state index < -0.39 is 0 Å². The van der Waals surface area contributed by atoms with E-state index in [0.29, 0.717) is 12.1 Å². The van der Waals surface area contributed by atoms with E-state index >= 15 is 0 Å². The van der Waals surface area contributed by atoms with Gasteiger partial charge in [-0.2, -0.15) is 0 Å². The van der Waals surface area contributed by atoms with Crippen molar-refractivity contribution in [2.24, 2.45) is 0 Å². The lowest BCUT2D eigenvalue weighted by Gasteiger charge is -2.21. The Morgan fingerprint density at radius 1 is 1.33 bits per heavy atom. The third-order valence-electron chi connectivity index (χ3n) is 4.11. The molecule has 0 radical (unpaired) electrons. The van der Waals surface area contributed by atoms with E-state index in [1.807, 2.05) is 0 Å². The van der Waals surface area contributed by atoms with E-state index in [2.05, 4.69) is 64.7 Å². The molecule has 1 aliphatic heterocycles. The molecule has 6 heteroatoms. The summed E-state index contributed by atoms with van der Waals surface area (Å²) in [5, 5.41) is 14.9. The van der Waals surface area contributed by atoms with Crippen molar-refractivity contribution < 1.29 is 0 Å². The van der Waals surface area contributed by atoms with Gasteiger partial charge in [-0.1, -0.05) is 0 Å². The maximum absolute atomic E-state index is 3.94. The molecule has 112 valence electrons. The average Bonchev–Trinajstić information content (AvgIpc) is 3.09. The highest BCUT2D eigenvalue weighted by atomic mass is 15.5. The lowest BCUT2D eigenvalue weighted by molar-refractivity contribution is 0.274. The van der Waals surface area contributed by atoms with Crippen LogP contribution in [0.3, 0.4) is 0 Å². The highest BCUT2D eigenvalue weighted by Gasteiger charge is 2.23. The van der Waals surface area contributed by atoms with Gasteiger partial charge in [0.1, 0.15) is 6.33 Å². The molecule has 0 bridgehead atoms. The minimum absolute atomic E-state index is 0.533. The maximum atomic E-state index is 3.94. The number of anilines is 1. The van der Waals surface area contributed by atoms with Gasteiger partial charge in [0, 0.05) is 30.9 Å². The van der Waals surface area contributed by atoms with Crippen molar-refractivity contribution in [1.29, 1.82) is 0 Å². The lowest BCUT2D eigenvalue weighted by atomic mass is 10.1. The summed E-state index contributed by atoms with van der Waals surface area (Å²) < 4.78 is 1.69. The van der Waals surface area contributed by atoms with Crippen LogP contribution in [0.25, 0.3) is 5.69 Å². The topological polar surface area (TPSA) is 58.9 Å². The predicted molar refractivity (Wildman–Crippen MR) is 82.6 cm³/mol. The minimum Gasteiger partial charge on any atom is -0.381 e. The zero-order chi connectivity index (χ0) is 14.8. The molecule has 0 saturated carbocycles. The normalized spacial score (nSPS) is 19.3. The monoisotopic (exact) mass is 286 g/mol. The van der Waals surface area contributed by atoms with Crippen LogP contribution >= 0.6 is 0 Å². The first-order chi connectivity index (χ1) is 10.1. The van der Waals surface area contributed by atoms with E-state index in [4.69, 9.17) is 0 Å². The Morgan fingerprint density at radius 3 is 2.81 bits per heavy atom. The molecule has 1 unspecified atom stereocenters. The molecular weight excluding hydrogens is 264 g/mol. The average molecular weight is 286 g/mol. The first-order valence-electron chi connectivity index (χ1n) is 7.48. The van der Waals surface area contributed by atoms with Gasteiger partial charge in [-0.15, -0.1) is 5.10 Å². The second kappa shape index (κ2) is 5.81. The van der Waals surface area contributed by atoms with Crippen LogP contribution in [0.4, 0.5) is 5.69 Å². The fourth-order valence-corrected chi connectivity index (χ4v) is 2.88. The number of aromatic nitrogens is 4. The zero-order valence-electron chi connectivity index (χ0n) is 12.8. The van der Waals surface area contributed by atoms with Gasteiger partial charge < -0.3 is 5.32 Å². The van der Waals surface area contributed by atoms with Gasteiger partial charge in [0.15, 0.2) is 0 Å². The molecule has 1 aliphatic rings. The zero-order valence-corrected chi connectivity index (χ0v) is 12.8. The molecule has 0 aliphatic carbocycles. The van der Waals surface area contributed by atoms with E-state index in [9.17, 15) is 0 Å². The molecule has 2 aromatic rings. The van der Waals surface area contributed by atoms with E-state index in [0.717, 1.165) is 17.8 Å². The van der Waals surface area contributed by atoms with Gasteiger partial charge in [0.25, 0.3) is 0 Å². The Labute approximate surface area is 125 Å². The van der Waals surface area contributed by atoms with Crippen LogP contribution in [0.2, 0.25) is 0 Å². The number of hydrogen-bond donors (Lipinski definition) is 1. The highest BCUT2D eigenvalue weighted by molar-refractivity contribution is 5.53. The molecule has 2 heterocycles. The first-order valence-corrected chi connectivity index (χ1v) is 7.48. The Balaban J connectivity index is 1.69. The van der Waals surface area contributed by atoms with Crippen LogP contribution < -0.4 is 5.32 Å². The lowest BCUT2D eigenvalue weighted by Crippen LogP contribution is -2.31. The highest BCUT2D eigenvalue weighted by Crippen LogP contribution is 2.21. The quantitative estimate of drug-likeness (QED) is 0.929. The Bertz CT molecular complexity index is 592. The number of benzene rings is 1. The number of nitrogens with zero attached hydrogens (tertiary/aromatic N) is 5. The van der Waals surface area contributed by atoms with Crippen LogP contribution in [-0.4, -0.2) is 50.3 Å². The van der Waals surface area contributed by atoms with Crippen molar-refractivity contribution in [2.75, 3.05) is 18.4 Å². The maximum Gasteiger partial charge on any atom is 0.143 e. The summed E-state index contributed by atoms with van der Waals surface area (Å²) >= 11 is 0. The Kier molecular flexibility index (Phi) is 3.88. The summed E-state index contributed by atoms with van der Waals surface area (Å²) in [5.74, 6) is 0. The molecule has 21 heavy (non-hydrogen) atoms. The molecule has 1 atom stereocenters. The number of aryl methyl sites for hydroxylation is 1. The van der Waals surface area contributed by atoms with Crippen molar-refractivity contribution in [1.82, 2.24) is 25.1 Å². The minimum atomic E-state index is 0.533. The number of tetrazole rings is 1. The summed E-state index contributed by atoms with van der Waals surface area (Å²) in [5.41, 5.74) is 3.34. The van der Waals surface area contributed by atoms with Crippen molar-refractivity contribution in [3.63, 3.8) is 0 Å². The largest absolute Gasteiger partial charge is 0.381 e. The van der Waals surface area contributed by atoms with Crippen molar-refractivity contribution in [3.8, 4) is 5.69 Å². The Morgan fingerprint density at radius 2 is 2.19 bits per heavy atom. The molecule has 0 spiro atoms. The number of rotatable bonds is 4. The third kappa shape index (κ3) is 3.05. The SMILES string of the molecule is Cc1cc(NC2CCN(C(C)C)C2)ccc1-n1cnnn1. The number of hydrogen-bond acceptors (Lipinski definition) is 5. The molecule has 1 saturated heterocycles. The summed E-state index contributed by atoms with van der Waals surface area (Å²) in [7, 11) is 0. The first kappa shape index (κ1) is 14.0. The fourth-order valence-electron chi connectivity index (χ4n) is 2.88. The molecule has 1 fully saturated rings. The molecule has 1 aromatic carbocycles. The van der Waals surface area contributed by atoms with E-state index in [1.54, 1.807) is 11.0 Å². The number of nitrogens with one attached hydrogen (secondary N) is 1. The van der Waals surface area contributed by atoms with Gasteiger partial charge >= 0.3 is 0 Å². The molecule has 1 N–H and O–H groups in total. The van der Waals surface area contributed by atoms with Gasteiger partial charge in [0.2, 0.25) is 0 Å². The van der Waals surface area contributed by atoms with Crippen molar-refractivity contribution in [2.45, 2.75) is 39.3 Å². The second-order valence-corrected chi connectivity index (χ2v) is 5.97. The van der Waals surface area contributed by atoms with Crippen LogP contribution in [-0.2, 0) is 0 Å². The second-order valence-electron chi connectivity index (χ2n) is 5.97. The van der Waals surface area contributed by atoms with Gasteiger partial charge in [0.05, 0.1) is 5.69 Å². The summed E-state index contributed by atoms with van der Waals surface area (Å²) in [6, 6.07) is 7.48. The van der Waals surface area contributed by atoms with Crippen LogP contribution in [0.5, 0.6) is 0 Å². The summed E-state index contributed by atoms with van der Waals surface area (Å²) in [6.45, 7) is 8.89. The molecule has 0 amide bonds. The molecular formula is C15H22N6.